The van der Waals surface area contributed by atoms with E-state index in [1.165, 1.54) is 43.2 Å². The van der Waals surface area contributed by atoms with E-state index in [9.17, 15) is 0 Å². The van der Waals surface area contributed by atoms with E-state index in [1.807, 2.05) is 14.9 Å². The Hall–Kier alpha value is -0.0213. The number of hydrogen-bond acceptors (Lipinski definition) is 1. The molecule has 2 rings (SSSR count). The molecule has 0 amide bonds. The van der Waals surface area contributed by atoms with Crippen molar-refractivity contribution >= 4 is 43.4 Å². The monoisotopic (exact) mass is 424 g/mol. The first-order valence-electron chi connectivity index (χ1n) is 9.24. The standard InChI is InChI=1S/C8H5S.3C4H9.Sn/c1-2-4-8-7(3-1)5-6-9-8;3*1-3-4-2;/h1-2,4-6H;3*1,3-4H2,2H3;. The Morgan fingerprint density at radius 3 is 1.95 bits per heavy atom. The maximum absolute atomic E-state index is 2.52. The molecule has 1 aromatic carbocycles. The van der Waals surface area contributed by atoms with Crippen LogP contribution in [0.3, 0.4) is 0 Å². The van der Waals surface area contributed by atoms with Crippen LogP contribution >= 0.6 is 11.3 Å². The third-order valence-corrected chi connectivity index (χ3v) is 21.7. The summed E-state index contributed by atoms with van der Waals surface area (Å²) in [6.07, 6.45) is 8.42. The Labute approximate surface area is 145 Å². The second kappa shape index (κ2) is 9.32. The van der Waals surface area contributed by atoms with Crippen LogP contribution in [0.1, 0.15) is 59.3 Å². The third kappa shape index (κ3) is 4.29. The van der Waals surface area contributed by atoms with Crippen LogP contribution in [0.25, 0.3) is 10.1 Å². The maximum atomic E-state index is 2.52. The van der Waals surface area contributed by atoms with Crippen LogP contribution in [0.5, 0.6) is 0 Å². The molecule has 0 aliphatic heterocycles. The molecule has 22 heavy (non-hydrogen) atoms. The Morgan fingerprint density at radius 2 is 1.41 bits per heavy atom. The van der Waals surface area contributed by atoms with Gasteiger partial charge in [-0.05, 0) is 0 Å². The fourth-order valence-electron chi connectivity index (χ4n) is 3.78. The van der Waals surface area contributed by atoms with Crippen molar-refractivity contribution in [3.05, 3.63) is 29.6 Å². The first-order chi connectivity index (χ1) is 10.8. The third-order valence-electron chi connectivity index (χ3n) is 5.09. The summed E-state index contributed by atoms with van der Waals surface area (Å²) in [7, 11) is 0. The molecule has 2 heteroatoms. The van der Waals surface area contributed by atoms with Crippen LogP contribution in [-0.2, 0) is 0 Å². The Bertz CT molecular complexity index is 536. The number of thiophene rings is 1. The van der Waals surface area contributed by atoms with Gasteiger partial charge in [0.25, 0.3) is 0 Å². The molecule has 0 N–H and O–H groups in total. The Morgan fingerprint density at radius 1 is 0.818 bits per heavy atom. The molecule has 0 saturated heterocycles. The number of rotatable bonds is 10. The van der Waals surface area contributed by atoms with Crippen molar-refractivity contribution in [2.24, 2.45) is 0 Å². The molecule has 0 radical (unpaired) electrons. The SMILES string of the molecule is CCC[CH2][Sn]([CH2]CCC)([CH2]CCC)[c]1cccc2sccc12. The van der Waals surface area contributed by atoms with E-state index in [-0.39, 0.29) is 0 Å². The summed E-state index contributed by atoms with van der Waals surface area (Å²) in [4.78, 5) is 0. The van der Waals surface area contributed by atoms with E-state index in [0.29, 0.717) is 0 Å². The molecule has 2 aromatic rings. The van der Waals surface area contributed by atoms with Gasteiger partial charge in [0, 0.05) is 0 Å². The van der Waals surface area contributed by atoms with Crippen LogP contribution in [0.2, 0.25) is 13.3 Å². The van der Waals surface area contributed by atoms with Gasteiger partial charge in [-0.2, -0.15) is 0 Å². The number of hydrogen-bond donors (Lipinski definition) is 0. The molecular formula is C20H32SSn. The molecule has 0 bridgehead atoms. The summed E-state index contributed by atoms with van der Waals surface area (Å²) in [5.74, 6) is 0. The van der Waals surface area contributed by atoms with E-state index >= 15 is 0 Å². The van der Waals surface area contributed by atoms with E-state index in [2.05, 4.69) is 50.4 Å². The topological polar surface area (TPSA) is 0 Å². The minimum atomic E-state index is -2.26. The van der Waals surface area contributed by atoms with Crippen molar-refractivity contribution in [1.29, 1.82) is 0 Å². The molecule has 1 heterocycles. The van der Waals surface area contributed by atoms with Crippen LogP contribution in [-0.4, -0.2) is 18.4 Å². The van der Waals surface area contributed by atoms with Gasteiger partial charge >= 0.3 is 146 Å². The summed E-state index contributed by atoms with van der Waals surface area (Å²) in [6, 6.07) is 9.58. The predicted octanol–water partition coefficient (Wildman–Crippen LogP) is 6.96. The summed E-state index contributed by atoms with van der Waals surface area (Å²) in [6.45, 7) is 7.09. The second-order valence-electron chi connectivity index (χ2n) is 6.73. The second-order valence-corrected chi connectivity index (χ2v) is 20.8. The van der Waals surface area contributed by atoms with Crippen LogP contribution in [0.15, 0.2) is 29.6 Å². The van der Waals surface area contributed by atoms with E-state index in [4.69, 9.17) is 0 Å². The molecule has 0 nitrogen and oxygen atoms in total. The van der Waals surface area contributed by atoms with Gasteiger partial charge in [-0.25, -0.2) is 0 Å². The van der Waals surface area contributed by atoms with Crippen molar-refractivity contribution in [2.45, 2.75) is 72.6 Å². The van der Waals surface area contributed by atoms with Gasteiger partial charge < -0.3 is 0 Å². The first-order valence-corrected chi connectivity index (χ1v) is 17.6. The summed E-state index contributed by atoms with van der Waals surface area (Å²) < 4.78 is 8.08. The Kier molecular flexibility index (Phi) is 7.76. The fraction of sp³-hybridized carbons (Fsp3) is 0.600. The van der Waals surface area contributed by atoms with E-state index in [1.54, 1.807) is 18.7 Å². The molecule has 0 aliphatic carbocycles. The van der Waals surface area contributed by atoms with Crippen molar-refractivity contribution < 1.29 is 0 Å². The van der Waals surface area contributed by atoms with Gasteiger partial charge in [0.1, 0.15) is 0 Å². The normalized spacial score (nSPS) is 12.1. The molecular weight excluding hydrogens is 391 g/mol. The summed E-state index contributed by atoms with van der Waals surface area (Å²) in [5, 5.41) is 3.91. The van der Waals surface area contributed by atoms with Crippen LogP contribution in [0, 0.1) is 0 Å². The molecule has 0 saturated carbocycles. The Balaban J connectivity index is 2.45. The molecule has 0 fully saturated rings. The fourth-order valence-corrected chi connectivity index (χ4v) is 21.7. The molecule has 0 aliphatic rings. The predicted molar refractivity (Wildman–Crippen MR) is 106 cm³/mol. The molecule has 1 aromatic heterocycles. The van der Waals surface area contributed by atoms with Crippen LogP contribution in [0.4, 0.5) is 0 Å². The molecule has 0 spiro atoms. The van der Waals surface area contributed by atoms with Crippen molar-refractivity contribution in [3.8, 4) is 0 Å². The quantitative estimate of drug-likeness (QED) is 0.363. The first kappa shape index (κ1) is 18.3. The zero-order chi connectivity index (χ0) is 15.8. The number of fused-ring (bicyclic) bond motifs is 1. The van der Waals surface area contributed by atoms with Gasteiger partial charge in [-0.3, -0.25) is 0 Å². The number of benzene rings is 1. The average molecular weight is 423 g/mol. The van der Waals surface area contributed by atoms with Crippen molar-refractivity contribution in [1.82, 2.24) is 0 Å². The molecule has 0 atom stereocenters. The zero-order valence-corrected chi connectivity index (χ0v) is 18.3. The molecule has 0 unspecified atom stereocenters. The number of unbranched alkanes of at least 4 members (excludes halogenated alkanes) is 3. The van der Waals surface area contributed by atoms with Gasteiger partial charge in [-0.15, -0.1) is 0 Å². The summed E-state index contributed by atoms with van der Waals surface area (Å²) in [5.41, 5.74) is 0. The van der Waals surface area contributed by atoms with Crippen molar-refractivity contribution in [3.63, 3.8) is 0 Å². The van der Waals surface area contributed by atoms with Gasteiger partial charge in [-0.1, -0.05) is 0 Å². The minimum absolute atomic E-state index is 1.36. The van der Waals surface area contributed by atoms with Crippen molar-refractivity contribution in [2.75, 3.05) is 0 Å². The van der Waals surface area contributed by atoms with Gasteiger partial charge in [0.2, 0.25) is 0 Å². The summed E-state index contributed by atoms with van der Waals surface area (Å²) >= 11 is -0.335. The van der Waals surface area contributed by atoms with E-state index in [0.717, 1.165) is 0 Å². The molecule has 122 valence electrons. The zero-order valence-electron chi connectivity index (χ0n) is 14.7. The average Bonchev–Trinajstić information content (AvgIpc) is 3.03. The van der Waals surface area contributed by atoms with Gasteiger partial charge in [0.15, 0.2) is 0 Å². The van der Waals surface area contributed by atoms with Gasteiger partial charge in [0.05, 0.1) is 0 Å². The van der Waals surface area contributed by atoms with E-state index < -0.39 is 18.4 Å². The van der Waals surface area contributed by atoms with Crippen LogP contribution < -0.4 is 3.58 Å².